The van der Waals surface area contributed by atoms with Crippen molar-refractivity contribution in [3.8, 4) is 0 Å². The van der Waals surface area contributed by atoms with Crippen LogP contribution in [-0.4, -0.2) is 31.4 Å². The third-order valence-corrected chi connectivity index (χ3v) is 4.34. The molecule has 2 rings (SSSR count). The fourth-order valence-electron chi connectivity index (χ4n) is 2.53. The van der Waals surface area contributed by atoms with Crippen molar-refractivity contribution < 1.29 is 9.18 Å². The van der Waals surface area contributed by atoms with Crippen LogP contribution in [0.5, 0.6) is 0 Å². The van der Waals surface area contributed by atoms with Crippen LogP contribution in [0.2, 0.25) is 5.02 Å². The molecule has 5 heteroatoms. The summed E-state index contributed by atoms with van der Waals surface area (Å²) in [4.78, 5) is 14.3. The van der Waals surface area contributed by atoms with E-state index in [9.17, 15) is 9.18 Å². The first-order valence-corrected chi connectivity index (χ1v) is 8.28. The Labute approximate surface area is 147 Å². The van der Waals surface area contributed by atoms with E-state index in [0.717, 1.165) is 18.1 Å². The molecule has 0 radical (unpaired) electrons. The molecule has 0 heterocycles. The van der Waals surface area contributed by atoms with Gasteiger partial charge in [-0.05, 0) is 49.8 Å². The second-order valence-corrected chi connectivity index (χ2v) is 6.32. The zero-order valence-electron chi connectivity index (χ0n) is 14.1. The van der Waals surface area contributed by atoms with E-state index in [2.05, 4.69) is 36.5 Å². The first-order chi connectivity index (χ1) is 11.4. The normalized spacial score (nSPS) is 12.2. The first-order valence-electron chi connectivity index (χ1n) is 7.91. The molecule has 1 unspecified atom stereocenters. The fraction of sp³-hybridized carbons (Fsp3) is 0.316. The highest BCUT2D eigenvalue weighted by Crippen LogP contribution is 2.20. The second kappa shape index (κ2) is 8.27. The summed E-state index contributed by atoms with van der Waals surface area (Å²) in [5, 5.41) is 2.99. The van der Waals surface area contributed by atoms with E-state index in [4.69, 9.17) is 11.6 Å². The van der Waals surface area contributed by atoms with Crippen LogP contribution >= 0.6 is 11.6 Å². The summed E-state index contributed by atoms with van der Waals surface area (Å²) in [6, 6.07) is 12.2. The first kappa shape index (κ1) is 18.4. The van der Waals surface area contributed by atoms with Gasteiger partial charge in [0, 0.05) is 6.54 Å². The average molecular weight is 349 g/mol. The van der Waals surface area contributed by atoms with E-state index in [1.165, 1.54) is 17.7 Å². The molecule has 0 saturated carbocycles. The van der Waals surface area contributed by atoms with Crippen LogP contribution in [0.1, 0.15) is 34.5 Å². The summed E-state index contributed by atoms with van der Waals surface area (Å²) in [7, 11) is 3.94. The van der Waals surface area contributed by atoms with Crippen LogP contribution in [0, 0.1) is 5.82 Å². The second-order valence-electron chi connectivity index (χ2n) is 5.91. The number of likely N-dealkylation sites (N-methyl/N-ethyl adjacent to an activating group) is 1. The zero-order chi connectivity index (χ0) is 17.7. The number of nitrogens with zero attached hydrogens (tertiary/aromatic N) is 1. The molecule has 24 heavy (non-hydrogen) atoms. The Balaban J connectivity index is 2.09. The summed E-state index contributed by atoms with van der Waals surface area (Å²) >= 11 is 5.94. The Morgan fingerprint density at radius 2 is 1.88 bits per heavy atom. The lowest BCUT2D eigenvalue weighted by atomic mass is 10.0. The van der Waals surface area contributed by atoms with Crippen molar-refractivity contribution in [2.75, 3.05) is 20.6 Å². The summed E-state index contributed by atoms with van der Waals surface area (Å²) in [5.74, 6) is -0.768. The van der Waals surface area contributed by atoms with Crippen molar-refractivity contribution in [2.24, 2.45) is 0 Å². The van der Waals surface area contributed by atoms with Crippen LogP contribution in [0.15, 0.2) is 42.5 Å². The monoisotopic (exact) mass is 348 g/mol. The van der Waals surface area contributed by atoms with E-state index >= 15 is 0 Å². The molecule has 0 aliphatic heterocycles. The van der Waals surface area contributed by atoms with Crippen molar-refractivity contribution in [1.29, 1.82) is 0 Å². The minimum absolute atomic E-state index is 0.0408. The van der Waals surface area contributed by atoms with E-state index < -0.39 is 5.82 Å². The minimum Gasteiger partial charge on any atom is -0.350 e. The van der Waals surface area contributed by atoms with Gasteiger partial charge in [0.15, 0.2) is 0 Å². The quantitative estimate of drug-likeness (QED) is 0.853. The lowest BCUT2D eigenvalue weighted by Gasteiger charge is -2.25. The van der Waals surface area contributed by atoms with Crippen molar-refractivity contribution >= 4 is 17.5 Å². The number of amides is 1. The molecule has 0 spiro atoms. The van der Waals surface area contributed by atoms with Crippen molar-refractivity contribution in [2.45, 2.75) is 19.4 Å². The fourth-order valence-corrected chi connectivity index (χ4v) is 2.79. The third kappa shape index (κ3) is 4.56. The molecule has 2 aromatic rings. The molecule has 1 N–H and O–H groups in total. The van der Waals surface area contributed by atoms with E-state index in [1.807, 2.05) is 19.0 Å². The van der Waals surface area contributed by atoms with Crippen molar-refractivity contribution in [1.82, 2.24) is 10.2 Å². The maximum Gasteiger partial charge on any atom is 0.252 e. The Kier molecular flexibility index (Phi) is 6.35. The summed E-state index contributed by atoms with van der Waals surface area (Å²) in [6.45, 7) is 2.55. The molecule has 0 aliphatic rings. The van der Waals surface area contributed by atoms with E-state index in [0.29, 0.717) is 6.54 Å². The smallest absolute Gasteiger partial charge is 0.252 e. The highest BCUT2D eigenvalue weighted by molar-refractivity contribution is 6.33. The molecule has 0 saturated heterocycles. The van der Waals surface area contributed by atoms with Gasteiger partial charge in [-0.3, -0.25) is 4.79 Å². The van der Waals surface area contributed by atoms with Crippen molar-refractivity contribution in [3.63, 3.8) is 0 Å². The Morgan fingerprint density at radius 1 is 1.21 bits per heavy atom. The Hall–Kier alpha value is -1.91. The predicted octanol–water partition coefficient (Wildman–Crippen LogP) is 4.07. The number of carbonyl (C=O) groups is 1. The number of benzene rings is 2. The van der Waals surface area contributed by atoms with Gasteiger partial charge in [-0.2, -0.15) is 0 Å². The number of hydrogen-bond donors (Lipinski definition) is 1. The standard InChI is InChI=1S/C19H22ClFN2O/c1-4-13-5-7-14(8-6-13)18(23(2)3)12-22-19(24)16-10-9-15(21)11-17(16)20/h5-11,18H,4,12H2,1-3H3,(H,22,24). The van der Waals surface area contributed by atoms with Gasteiger partial charge in [0.1, 0.15) is 5.82 Å². The highest BCUT2D eigenvalue weighted by Gasteiger charge is 2.17. The number of aryl methyl sites for hydroxylation is 1. The van der Waals surface area contributed by atoms with Gasteiger partial charge in [0.05, 0.1) is 16.6 Å². The van der Waals surface area contributed by atoms with Crippen LogP contribution in [0.25, 0.3) is 0 Å². The van der Waals surface area contributed by atoms with Gasteiger partial charge in [0.25, 0.3) is 5.91 Å². The third-order valence-electron chi connectivity index (χ3n) is 4.03. The molecule has 1 atom stereocenters. The van der Waals surface area contributed by atoms with Gasteiger partial charge in [-0.1, -0.05) is 42.8 Å². The lowest BCUT2D eigenvalue weighted by molar-refractivity contribution is 0.0942. The molecule has 3 nitrogen and oxygen atoms in total. The molecule has 0 aliphatic carbocycles. The van der Waals surface area contributed by atoms with Gasteiger partial charge >= 0.3 is 0 Å². The van der Waals surface area contributed by atoms with Gasteiger partial charge in [-0.15, -0.1) is 0 Å². The number of nitrogens with one attached hydrogen (secondary N) is 1. The molecule has 0 bridgehead atoms. The van der Waals surface area contributed by atoms with Crippen molar-refractivity contribution in [3.05, 3.63) is 70.0 Å². The minimum atomic E-state index is -0.460. The van der Waals surface area contributed by atoms with Crippen LogP contribution < -0.4 is 5.32 Å². The highest BCUT2D eigenvalue weighted by atomic mass is 35.5. The molecule has 128 valence electrons. The van der Waals surface area contributed by atoms with Gasteiger partial charge < -0.3 is 10.2 Å². The maximum atomic E-state index is 13.1. The largest absolute Gasteiger partial charge is 0.350 e. The summed E-state index contributed by atoms with van der Waals surface area (Å²) in [6.07, 6.45) is 0.993. The predicted molar refractivity (Wildman–Crippen MR) is 96.0 cm³/mol. The Bertz CT molecular complexity index is 701. The maximum absolute atomic E-state index is 13.1. The molecule has 0 fully saturated rings. The number of rotatable bonds is 6. The summed E-state index contributed by atoms with van der Waals surface area (Å²) in [5.41, 5.74) is 2.68. The lowest BCUT2D eigenvalue weighted by Crippen LogP contribution is -2.34. The zero-order valence-corrected chi connectivity index (χ0v) is 14.9. The molecule has 2 aromatic carbocycles. The van der Waals surface area contributed by atoms with Gasteiger partial charge in [-0.25, -0.2) is 4.39 Å². The van der Waals surface area contributed by atoms with E-state index in [-0.39, 0.29) is 22.5 Å². The van der Waals surface area contributed by atoms with E-state index in [1.54, 1.807) is 0 Å². The van der Waals surface area contributed by atoms with Gasteiger partial charge in [0.2, 0.25) is 0 Å². The number of hydrogen-bond acceptors (Lipinski definition) is 2. The van der Waals surface area contributed by atoms with Crippen LogP contribution in [0.4, 0.5) is 4.39 Å². The SMILES string of the molecule is CCc1ccc(C(CNC(=O)c2ccc(F)cc2Cl)N(C)C)cc1. The van der Waals surface area contributed by atoms with Crippen LogP contribution in [0.3, 0.4) is 0 Å². The molecular weight excluding hydrogens is 327 g/mol. The average Bonchev–Trinajstić information content (AvgIpc) is 2.55. The molecule has 0 aromatic heterocycles. The number of carbonyl (C=O) groups excluding carboxylic acids is 1. The number of halogens is 2. The Morgan fingerprint density at radius 3 is 2.42 bits per heavy atom. The van der Waals surface area contributed by atoms with Crippen LogP contribution in [-0.2, 0) is 6.42 Å². The molecule has 1 amide bonds. The molecular formula is C19H22ClFN2O. The summed E-state index contributed by atoms with van der Waals surface area (Å²) < 4.78 is 13.1. The topological polar surface area (TPSA) is 32.3 Å².